The minimum Gasteiger partial charge on any atom is -0.339 e. The molecule has 1 aromatic heterocycles. The van der Waals surface area contributed by atoms with Gasteiger partial charge in [-0.25, -0.2) is 0 Å². The Morgan fingerprint density at radius 2 is 1.87 bits per heavy atom. The van der Waals surface area contributed by atoms with E-state index in [4.69, 9.17) is 0 Å². The molecule has 0 spiro atoms. The molecule has 2 heterocycles. The van der Waals surface area contributed by atoms with Gasteiger partial charge < -0.3 is 14.8 Å². The molecule has 2 rings (SSSR count). The molecule has 0 atom stereocenters. The lowest BCUT2D eigenvalue weighted by atomic mass is 10.1. The summed E-state index contributed by atoms with van der Waals surface area (Å²) in [5.41, 5.74) is 0.298. The van der Waals surface area contributed by atoms with E-state index in [1.165, 1.54) is 16.8 Å². The Labute approximate surface area is 136 Å². The van der Waals surface area contributed by atoms with Crippen LogP contribution in [0.1, 0.15) is 49.9 Å². The van der Waals surface area contributed by atoms with Gasteiger partial charge in [0.15, 0.2) is 0 Å². The van der Waals surface area contributed by atoms with E-state index in [-0.39, 0.29) is 29.0 Å². The van der Waals surface area contributed by atoms with E-state index in [0.717, 1.165) is 32.4 Å². The zero-order valence-electron chi connectivity index (χ0n) is 14.1. The van der Waals surface area contributed by atoms with Crippen LogP contribution in [0.3, 0.4) is 0 Å². The molecule has 23 heavy (non-hydrogen) atoms. The minimum atomic E-state index is -0.308. The van der Waals surface area contributed by atoms with Crippen LogP contribution in [0, 0.1) is 5.92 Å². The van der Waals surface area contributed by atoms with Gasteiger partial charge >= 0.3 is 0 Å². The van der Waals surface area contributed by atoms with Gasteiger partial charge in [0.25, 0.3) is 11.5 Å². The zero-order chi connectivity index (χ0) is 17.0. The normalized spacial score (nSPS) is 14.9. The van der Waals surface area contributed by atoms with Crippen LogP contribution in [0.15, 0.2) is 17.1 Å². The molecule has 0 bridgehead atoms. The zero-order valence-corrected chi connectivity index (χ0v) is 14.1. The van der Waals surface area contributed by atoms with E-state index in [1.54, 1.807) is 7.05 Å². The van der Waals surface area contributed by atoms with Gasteiger partial charge in [-0.1, -0.05) is 13.8 Å². The van der Waals surface area contributed by atoms with Gasteiger partial charge in [-0.05, 0) is 31.2 Å². The van der Waals surface area contributed by atoms with Gasteiger partial charge in [-0.3, -0.25) is 14.4 Å². The van der Waals surface area contributed by atoms with Crippen molar-refractivity contribution in [3.8, 4) is 0 Å². The van der Waals surface area contributed by atoms with E-state index >= 15 is 0 Å². The van der Waals surface area contributed by atoms with Crippen LogP contribution in [0.2, 0.25) is 0 Å². The van der Waals surface area contributed by atoms with Crippen molar-refractivity contribution >= 4 is 17.5 Å². The van der Waals surface area contributed by atoms with Crippen molar-refractivity contribution in [1.82, 2.24) is 9.47 Å². The number of hydrogen-bond acceptors (Lipinski definition) is 3. The summed E-state index contributed by atoms with van der Waals surface area (Å²) in [6.45, 7) is 5.37. The van der Waals surface area contributed by atoms with E-state index < -0.39 is 0 Å². The maximum atomic E-state index is 12.6. The van der Waals surface area contributed by atoms with Gasteiger partial charge in [0.05, 0.1) is 5.56 Å². The highest BCUT2D eigenvalue weighted by molar-refractivity contribution is 5.96. The molecule has 126 valence electrons. The summed E-state index contributed by atoms with van der Waals surface area (Å²) >= 11 is 0. The number of carbonyl (C=O) groups excluding carboxylic acids is 2. The first-order chi connectivity index (χ1) is 10.9. The maximum absolute atomic E-state index is 12.6. The van der Waals surface area contributed by atoms with Crippen molar-refractivity contribution in [2.24, 2.45) is 13.0 Å². The molecule has 0 aliphatic carbocycles. The minimum absolute atomic E-state index is 0.0836. The lowest BCUT2D eigenvalue weighted by Gasteiger charge is -2.27. The highest BCUT2D eigenvalue weighted by Gasteiger charge is 2.20. The van der Waals surface area contributed by atoms with Crippen LogP contribution in [-0.4, -0.2) is 34.4 Å². The molecule has 6 nitrogen and oxygen atoms in total. The van der Waals surface area contributed by atoms with Crippen molar-refractivity contribution in [1.29, 1.82) is 0 Å². The SMILES string of the molecule is CC(C)CC(=O)Nc1cc(C(=O)N2CCCCC2)cn(C)c1=O. The molecule has 1 aliphatic rings. The fourth-order valence-corrected chi connectivity index (χ4v) is 2.77. The van der Waals surface area contributed by atoms with Crippen LogP contribution in [0.4, 0.5) is 5.69 Å². The summed E-state index contributed by atoms with van der Waals surface area (Å²) in [4.78, 5) is 38.5. The molecule has 0 unspecified atom stereocenters. The Morgan fingerprint density at radius 3 is 2.48 bits per heavy atom. The highest BCUT2D eigenvalue weighted by atomic mass is 16.2. The Bertz CT molecular complexity index is 643. The predicted octanol–water partition coefficient (Wildman–Crippen LogP) is 2.00. The van der Waals surface area contributed by atoms with E-state index in [9.17, 15) is 14.4 Å². The van der Waals surface area contributed by atoms with Gasteiger partial charge in [0, 0.05) is 32.8 Å². The van der Waals surface area contributed by atoms with Crippen molar-refractivity contribution in [2.75, 3.05) is 18.4 Å². The summed E-state index contributed by atoms with van der Waals surface area (Å²) in [6.07, 6.45) is 5.05. The highest BCUT2D eigenvalue weighted by Crippen LogP contribution is 2.14. The molecule has 1 fully saturated rings. The van der Waals surface area contributed by atoms with Gasteiger partial charge in [0.1, 0.15) is 5.69 Å². The Kier molecular flexibility index (Phi) is 5.58. The largest absolute Gasteiger partial charge is 0.339 e. The molecule has 1 N–H and O–H groups in total. The summed E-state index contributed by atoms with van der Waals surface area (Å²) < 4.78 is 1.35. The summed E-state index contributed by atoms with van der Waals surface area (Å²) in [5.74, 6) is -0.0867. The van der Waals surface area contributed by atoms with Crippen LogP contribution in [0.25, 0.3) is 0 Å². The van der Waals surface area contributed by atoms with E-state index in [1.807, 2.05) is 18.7 Å². The molecule has 1 aliphatic heterocycles. The summed E-state index contributed by atoms with van der Waals surface area (Å²) in [7, 11) is 1.59. The summed E-state index contributed by atoms with van der Waals surface area (Å²) in [5, 5.41) is 2.64. The molecular formula is C17H25N3O3. The number of piperidine rings is 1. The van der Waals surface area contributed by atoms with E-state index in [0.29, 0.717) is 12.0 Å². The van der Waals surface area contributed by atoms with Crippen LogP contribution < -0.4 is 10.9 Å². The Balaban J connectivity index is 2.23. The second kappa shape index (κ2) is 7.44. The number of nitrogens with zero attached hydrogens (tertiary/aromatic N) is 2. The Hall–Kier alpha value is -2.11. The summed E-state index contributed by atoms with van der Waals surface area (Å²) in [6, 6.07) is 1.50. The topological polar surface area (TPSA) is 71.4 Å². The average Bonchev–Trinajstić information content (AvgIpc) is 2.51. The van der Waals surface area contributed by atoms with Crippen LogP contribution in [-0.2, 0) is 11.8 Å². The second-order valence-corrected chi connectivity index (χ2v) is 6.56. The average molecular weight is 319 g/mol. The lowest BCUT2D eigenvalue weighted by molar-refractivity contribution is -0.116. The fourth-order valence-electron chi connectivity index (χ4n) is 2.77. The second-order valence-electron chi connectivity index (χ2n) is 6.56. The predicted molar refractivity (Wildman–Crippen MR) is 89.5 cm³/mol. The fraction of sp³-hybridized carbons (Fsp3) is 0.588. The van der Waals surface area contributed by atoms with Crippen molar-refractivity contribution in [3.05, 3.63) is 28.2 Å². The number of rotatable bonds is 4. The molecule has 0 aromatic carbocycles. The van der Waals surface area contributed by atoms with Crippen LogP contribution >= 0.6 is 0 Å². The number of aryl methyl sites for hydroxylation is 1. The van der Waals surface area contributed by atoms with Crippen LogP contribution in [0.5, 0.6) is 0 Å². The number of pyridine rings is 1. The van der Waals surface area contributed by atoms with Gasteiger partial charge in [0.2, 0.25) is 5.91 Å². The third-order valence-corrected chi connectivity index (χ3v) is 3.94. The quantitative estimate of drug-likeness (QED) is 0.922. The standard InChI is InChI=1S/C17H25N3O3/c1-12(2)9-15(21)18-14-10-13(11-19(3)17(14)23)16(22)20-7-5-4-6-8-20/h10-12H,4-9H2,1-3H3,(H,18,21). The number of hydrogen-bond donors (Lipinski definition) is 1. The first-order valence-electron chi connectivity index (χ1n) is 8.18. The van der Waals surface area contributed by atoms with E-state index in [2.05, 4.69) is 5.32 Å². The first-order valence-corrected chi connectivity index (χ1v) is 8.18. The number of carbonyl (C=O) groups is 2. The van der Waals surface area contributed by atoms with Crippen molar-refractivity contribution in [2.45, 2.75) is 39.5 Å². The molecule has 6 heteroatoms. The number of likely N-dealkylation sites (tertiary alicyclic amines) is 1. The Morgan fingerprint density at radius 1 is 1.22 bits per heavy atom. The maximum Gasteiger partial charge on any atom is 0.274 e. The first kappa shape index (κ1) is 17.2. The third kappa shape index (κ3) is 4.43. The number of amides is 2. The molecule has 2 amide bonds. The van der Waals surface area contributed by atoms with Crippen molar-refractivity contribution < 1.29 is 9.59 Å². The number of aromatic nitrogens is 1. The third-order valence-electron chi connectivity index (χ3n) is 3.94. The molecule has 0 saturated carbocycles. The number of nitrogens with one attached hydrogen (secondary N) is 1. The molecular weight excluding hydrogens is 294 g/mol. The number of anilines is 1. The van der Waals surface area contributed by atoms with Gasteiger partial charge in [-0.15, -0.1) is 0 Å². The smallest absolute Gasteiger partial charge is 0.274 e. The van der Waals surface area contributed by atoms with Gasteiger partial charge in [-0.2, -0.15) is 0 Å². The molecule has 1 aromatic rings. The van der Waals surface area contributed by atoms with Crippen molar-refractivity contribution in [3.63, 3.8) is 0 Å². The molecule has 1 saturated heterocycles. The molecule has 0 radical (unpaired) electrons. The lowest BCUT2D eigenvalue weighted by Crippen LogP contribution is -2.36. The monoisotopic (exact) mass is 319 g/mol.